The second-order valence-electron chi connectivity index (χ2n) is 4.75. The highest BCUT2D eigenvalue weighted by atomic mass is 16.2. The number of anilines is 1. The van der Waals surface area contributed by atoms with Gasteiger partial charge in [0, 0.05) is 25.8 Å². The summed E-state index contributed by atoms with van der Waals surface area (Å²) in [5.74, 6) is -0.900. The van der Waals surface area contributed by atoms with Gasteiger partial charge in [0.2, 0.25) is 0 Å². The lowest BCUT2D eigenvalue weighted by Gasteiger charge is -2.31. The van der Waals surface area contributed by atoms with Gasteiger partial charge >= 0.3 is 11.8 Å². The molecule has 102 valence electrons. The fourth-order valence-electron chi connectivity index (χ4n) is 2.16. The Morgan fingerprint density at radius 3 is 2.74 bits per heavy atom. The van der Waals surface area contributed by atoms with E-state index in [9.17, 15) is 9.59 Å². The van der Waals surface area contributed by atoms with Crippen molar-refractivity contribution in [2.75, 3.05) is 31.6 Å². The number of carbonyl (C=O) groups excluding carboxylic acids is 2. The maximum absolute atomic E-state index is 12.0. The predicted molar refractivity (Wildman–Crippen MR) is 73.8 cm³/mol. The number of hydrogen-bond acceptors (Lipinski definition) is 3. The molecular formula is C14H19N3O2. The van der Waals surface area contributed by atoms with Crippen molar-refractivity contribution in [2.45, 2.75) is 12.8 Å². The zero-order valence-electron chi connectivity index (χ0n) is 11.1. The van der Waals surface area contributed by atoms with Crippen LogP contribution >= 0.6 is 0 Å². The number of hydrogen-bond donors (Lipinski definition) is 1. The predicted octanol–water partition coefficient (Wildman–Crippen LogP) is 0.383. The van der Waals surface area contributed by atoms with Crippen LogP contribution in [0.3, 0.4) is 0 Å². The van der Waals surface area contributed by atoms with Crippen LogP contribution in [0.2, 0.25) is 0 Å². The first-order valence-corrected chi connectivity index (χ1v) is 6.49. The zero-order valence-corrected chi connectivity index (χ0v) is 11.1. The van der Waals surface area contributed by atoms with Crippen LogP contribution < -0.4 is 10.6 Å². The Morgan fingerprint density at radius 2 is 2.00 bits per heavy atom. The first-order chi connectivity index (χ1) is 9.13. The van der Waals surface area contributed by atoms with Gasteiger partial charge in [-0.2, -0.15) is 0 Å². The Kier molecular flexibility index (Phi) is 4.16. The minimum atomic E-state index is -0.454. The number of nitrogens with zero attached hydrogens (tertiary/aromatic N) is 2. The fourth-order valence-corrected chi connectivity index (χ4v) is 2.16. The van der Waals surface area contributed by atoms with Crippen molar-refractivity contribution in [3.63, 3.8) is 0 Å². The Labute approximate surface area is 113 Å². The van der Waals surface area contributed by atoms with E-state index in [4.69, 9.17) is 5.73 Å². The zero-order chi connectivity index (χ0) is 13.8. The minimum Gasteiger partial charge on any atom is -0.336 e. The molecule has 1 aromatic rings. The average Bonchev–Trinajstić information content (AvgIpc) is 2.43. The van der Waals surface area contributed by atoms with Crippen LogP contribution in [0.4, 0.5) is 5.69 Å². The van der Waals surface area contributed by atoms with E-state index in [1.807, 2.05) is 24.3 Å². The van der Waals surface area contributed by atoms with Crippen LogP contribution in [-0.4, -0.2) is 43.4 Å². The number of amides is 2. The van der Waals surface area contributed by atoms with E-state index < -0.39 is 11.8 Å². The monoisotopic (exact) mass is 261 g/mol. The number of rotatable bonds is 4. The molecule has 5 nitrogen and oxygen atoms in total. The fraction of sp³-hybridized carbons (Fsp3) is 0.429. The van der Waals surface area contributed by atoms with Gasteiger partial charge in [-0.05, 0) is 37.1 Å². The summed E-state index contributed by atoms with van der Waals surface area (Å²) < 4.78 is 0. The molecule has 2 N–H and O–H groups in total. The molecule has 0 atom stereocenters. The summed E-state index contributed by atoms with van der Waals surface area (Å²) in [4.78, 5) is 26.7. The second-order valence-corrected chi connectivity index (χ2v) is 4.75. The van der Waals surface area contributed by atoms with Gasteiger partial charge < -0.3 is 15.5 Å². The molecule has 1 fully saturated rings. The molecule has 1 aliphatic rings. The maximum atomic E-state index is 12.0. The summed E-state index contributed by atoms with van der Waals surface area (Å²) in [5, 5.41) is 0. The molecular weight excluding hydrogens is 242 g/mol. The van der Waals surface area contributed by atoms with Gasteiger partial charge in [-0.25, -0.2) is 0 Å². The minimum absolute atomic E-state index is 0.446. The molecule has 5 heteroatoms. The first-order valence-electron chi connectivity index (χ1n) is 6.49. The lowest BCUT2D eigenvalue weighted by molar-refractivity contribution is -0.145. The third kappa shape index (κ3) is 2.93. The van der Waals surface area contributed by atoms with E-state index in [0.717, 1.165) is 24.1 Å². The molecule has 0 bridgehead atoms. The van der Waals surface area contributed by atoms with Crippen LogP contribution in [0.5, 0.6) is 0 Å². The molecule has 1 heterocycles. The van der Waals surface area contributed by atoms with Crippen LogP contribution in [0.15, 0.2) is 24.3 Å². The van der Waals surface area contributed by atoms with Gasteiger partial charge in [-0.15, -0.1) is 0 Å². The van der Waals surface area contributed by atoms with Gasteiger partial charge in [0.05, 0.1) is 0 Å². The summed E-state index contributed by atoms with van der Waals surface area (Å²) in [7, 11) is 1.65. The standard InChI is InChI=1S/C14H19N3O2/c1-16-8-9-17(14(19)13(16)18)12-6-2-4-11(10-12)5-3-7-15/h2,4,6,10H,3,5,7-9,15H2,1H3. The number of piperazine rings is 1. The number of aryl methyl sites for hydroxylation is 1. The molecule has 0 saturated carbocycles. The lowest BCUT2D eigenvalue weighted by atomic mass is 10.1. The summed E-state index contributed by atoms with van der Waals surface area (Å²) in [6, 6.07) is 7.76. The van der Waals surface area contributed by atoms with Crippen molar-refractivity contribution >= 4 is 17.5 Å². The van der Waals surface area contributed by atoms with E-state index >= 15 is 0 Å². The van der Waals surface area contributed by atoms with Crippen LogP contribution in [0.25, 0.3) is 0 Å². The highest BCUT2D eigenvalue weighted by Gasteiger charge is 2.31. The Balaban J connectivity index is 2.17. The van der Waals surface area contributed by atoms with Gasteiger partial charge in [0.15, 0.2) is 0 Å². The van der Waals surface area contributed by atoms with Crippen molar-refractivity contribution in [1.82, 2.24) is 4.90 Å². The van der Waals surface area contributed by atoms with Crippen LogP contribution in [0.1, 0.15) is 12.0 Å². The highest BCUT2D eigenvalue weighted by molar-refractivity contribution is 6.40. The summed E-state index contributed by atoms with van der Waals surface area (Å²) in [6.45, 7) is 1.76. The van der Waals surface area contributed by atoms with Crippen molar-refractivity contribution in [3.05, 3.63) is 29.8 Å². The molecule has 0 spiro atoms. The van der Waals surface area contributed by atoms with Gasteiger partial charge in [0.1, 0.15) is 0 Å². The third-order valence-electron chi connectivity index (χ3n) is 3.33. The molecule has 0 aromatic heterocycles. The van der Waals surface area contributed by atoms with E-state index in [1.54, 1.807) is 11.9 Å². The Morgan fingerprint density at radius 1 is 1.21 bits per heavy atom. The number of carbonyl (C=O) groups is 2. The molecule has 1 saturated heterocycles. The second kappa shape index (κ2) is 5.84. The molecule has 19 heavy (non-hydrogen) atoms. The largest absolute Gasteiger partial charge is 0.336 e. The molecule has 2 rings (SSSR count). The summed E-state index contributed by atoms with van der Waals surface area (Å²) >= 11 is 0. The van der Waals surface area contributed by atoms with Crippen molar-refractivity contribution in [1.29, 1.82) is 0 Å². The Hall–Kier alpha value is -1.88. The Bertz CT molecular complexity index is 487. The van der Waals surface area contributed by atoms with E-state index in [-0.39, 0.29) is 0 Å². The smallest absolute Gasteiger partial charge is 0.316 e. The van der Waals surface area contributed by atoms with Crippen LogP contribution in [-0.2, 0) is 16.0 Å². The molecule has 0 unspecified atom stereocenters. The molecule has 2 amide bonds. The lowest BCUT2D eigenvalue weighted by Crippen LogP contribution is -2.53. The normalized spacial score (nSPS) is 16.1. The highest BCUT2D eigenvalue weighted by Crippen LogP contribution is 2.19. The third-order valence-corrected chi connectivity index (χ3v) is 3.33. The number of benzene rings is 1. The summed E-state index contributed by atoms with van der Waals surface area (Å²) in [6.07, 6.45) is 1.80. The van der Waals surface area contributed by atoms with Crippen molar-refractivity contribution < 1.29 is 9.59 Å². The van der Waals surface area contributed by atoms with E-state index in [1.165, 1.54) is 4.90 Å². The van der Waals surface area contributed by atoms with E-state index in [0.29, 0.717) is 19.6 Å². The SMILES string of the molecule is CN1CCN(c2cccc(CCCN)c2)C(=O)C1=O. The molecule has 1 aliphatic heterocycles. The van der Waals surface area contributed by atoms with E-state index in [2.05, 4.69) is 0 Å². The average molecular weight is 261 g/mol. The van der Waals surface area contributed by atoms with Crippen LogP contribution in [0, 0.1) is 0 Å². The molecule has 1 aromatic carbocycles. The molecule has 0 aliphatic carbocycles. The van der Waals surface area contributed by atoms with Crippen molar-refractivity contribution in [3.8, 4) is 0 Å². The maximum Gasteiger partial charge on any atom is 0.316 e. The topological polar surface area (TPSA) is 66.6 Å². The number of nitrogens with two attached hydrogens (primary N) is 1. The first kappa shape index (κ1) is 13.5. The van der Waals surface area contributed by atoms with Gasteiger partial charge in [-0.3, -0.25) is 9.59 Å². The number of likely N-dealkylation sites (N-methyl/N-ethyl adjacent to an activating group) is 1. The van der Waals surface area contributed by atoms with Gasteiger partial charge in [-0.1, -0.05) is 12.1 Å². The summed E-state index contributed by atoms with van der Waals surface area (Å²) in [5.41, 5.74) is 7.43. The van der Waals surface area contributed by atoms with Gasteiger partial charge in [0.25, 0.3) is 0 Å². The van der Waals surface area contributed by atoms with Crippen molar-refractivity contribution in [2.24, 2.45) is 5.73 Å². The quantitative estimate of drug-likeness (QED) is 0.797. The molecule has 0 radical (unpaired) electrons.